The minimum absolute atomic E-state index is 0.0608. The molecule has 0 fully saturated rings. The molecule has 1 atom stereocenters. The van der Waals surface area contributed by atoms with Gasteiger partial charge in [0.2, 0.25) is 5.91 Å². The van der Waals surface area contributed by atoms with E-state index in [2.05, 4.69) is 10.3 Å². The third-order valence-electron chi connectivity index (χ3n) is 3.68. The predicted octanol–water partition coefficient (Wildman–Crippen LogP) is 2.28. The summed E-state index contributed by atoms with van der Waals surface area (Å²) < 4.78 is 31.5. The van der Waals surface area contributed by atoms with Crippen LogP contribution in [0.25, 0.3) is 0 Å². The Hall–Kier alpha value is -2.71. The molecule has 0 bridgehead atoms. The second-order valence-electron chi connectivity index (χ2n) is 5.90. The number of carbonyl (C=O) groups excluding carboxylic acids is 2. The lowest BCUT2D eigenvalue weighted by atomic mass is 10.0. The Kier molecular flexibility index (Phi) is 5.89. The van der Waals surface area contributed by atoms with Gasteiger partial charge in [0.15, 0.2) is 5.76 Å². The van der Waals surface area contributed by atoms with E-state index < -0.39 is 24.4 Å². The fourth-order valence-corrected chi connectivity index (χ4v) is 2.31. The average molecular weight is 354 g/mol. The monoisotopic (exact) mass is 354 g/mol. The van der Waals surface area contributed by atoms with Crippen LogP contribution in [0, 0.1) is 5.92 Å². The first-order chi connectivity index (χ1) is 11.8. The second-order valence-corrected chi connectivity index (χ2v) is 5.90. The van der Waals surface area contributed by atoms with Crippen molar-refractivity contribution in [3.8, 4) is 0 Å². The number of nitrogens with one attached hydrogen (secondary N) is 1. The first-order valence-corrected chi connectivity index (χ1v) is 7.70. The lowest BCUT2D eigenvalue weighted by molar-refractivity contribution is -0.133. The largest absolute Gasteiger partial charge is 0.459 e. The van der Waals surface area contributed by atoms with Gasteiger partial charge < -0.3 is 14.6 Å². The highest BCUT2D eigenvalue weighted by atomic mass is 19.3. The first kappa shape index (κ1) is 18.6. The molecule has 0 saturated heterocycles. The molecular formula is C16H20F2N4O3. The third kappa shape index (κ3) is 4.43. The van der Waals surface area contributed by atoms with Crippen molar-refractivity contribution in [2.45, 2.75) is 33.0 Å². The molecule has 2 heterocycles. The first-order valence-electron chi connectivity index (χ1n) is 7.70. The highest BCUT2D eigenvalue weighted by Crippen LogP contribution is 2.15. The molecule has 7 nitrogen and oxygen atoms in total. The Morgan fingerprint density at radius 3 is 2.68 bits per heavy atom. The number of aromatic nitrogens is 2. The highest BCUT2D eigenvalue weighted by Gasteiger charge is 2.29. The Bertz CT molecular complexity index is 713. The summed E-state index contributed by atoms with van der Waals surface area (Å²) in [6.07, 6.45) is 3.76. The molecule has 0 radical (unpaired) electrons. The number of carbonyl (C=O) groups is 2. The number of rotatable bonds is 7. The van der Waals surface area contributed by atoms with Crippen molar-refractivity contribution in [3.05, 3.63) is 42.4 Å². The number of likely N-dealkylation sites (N-methyl/N-ethyl adjacent to an activating group) is 1. The van der Waals surface area contributed by atoms with Gasteiger partial charge in [-0.05, 0) is 18.1 Å². The summed E-state index contributed by atoms with van der Waals surface area (Å²) in [5.41, 5.74) is 0. The number of alkyl halides is 2. The molecule has 9 heteroatoms. The maximum atomic E-state index is 12.9. The minimum Gasteiger partial charge on any atom is -0.459 e. The lowest BCUT2D eigenvalue weighted by Crippen LogP contribution is -2.50. The Morgan fingerprint density at radius 2 is 2.12 bits per heavy atom. The number of furan rings is 1. The molecule has 0 aliphatic heterocycles. The lowest BCUT2D eigenvalue weighted by Gasteiger charge is -2.26. The van der Waals surface area contributed by atoms with Crippen LogP contribution in [0.5, 0.6) is 0 Å². The number of hydrogen-bond acceptors (Lipinski definition) is 4. The van der Waals surface area contributed by atoms with Crippen molar-refractivity contribution in [3.63, 3.8) is 0 Å². The Balaban J connectivity index is 2.08. The molecule has 0 aromatic carbocycles. The Morgan fingerprint density at radius 1 is 1.40 bits per heavy atom. The summed E-state index contributed by atoms with van der Waals surface area (Å²) in [6.45, 7) is 0.717. The maximum absolute atomic E-state index is 12.9. The molecule has 2 rings (SSSR count). The van der Waals surface area contributed by atoms with Crippen LogP contribution in [-0.4, -0.2) is 39.4 Å². The van der Waals surface area contributed by atoms with E-state index in [1.807, 2.05) is 0 Å². The van der Waals surface area contributed by atoms with E-state index in [9.17, 15) is 18.4 Å². The number of amides is 2. The number of halogens is 2. The van der Waals surface area contributed by atoms with Crippen molar-refractivity contribution < 1.29 is 22.8 Å². The summed E-state index contributed by atoms with van der Waals surface area (Å²) in [4.78, 5) is 29.9. The van der Waals surface area contributed by atoms with Crippen LogP contribution in [0.2, 0.25) is 0 Å². The van der Waals surface area contributed by atoms with E-state index in [1.54, 1.807) is 19.9 Å². The zero-order valence-corrected chi connectivity index (χ0v) is 14.1. The minimum atomic E-state index is -2.74. The number of nitrogens with zero attached hydrogens (tertiary/aromatic N) is 3. The summed E-state index contributed by atoms with van der Waals surface area (Å²) >= 11 is 0. The number of imidazole rings is 1. The van der Waals surface area contributed by atoms with E-state index in [0.717, 1.165) is 6.20 Å². The van der Waals surface area contributed by atoms with Gasteiger partial charge >= 0.3 is 6.55 Å². The smallest absolute Gasteiger partial charge is 0.319 e. The second kappa shape index (κ2) is 7.91. The predicted molar refractivity (Wildman–Crippen MR) is 84.8 cm³/mol. The van der Waals surface area contributed by atoms with Crippen molar-refractivity contribution in [1.82, 2.24) is 19.8 Å². The van der Waals surface area contributed by atoms with E-state index in [4.69, 9.17) is 4.42 Å². The molecule has 2 aromatic rings. The van der Waals surface area contributed by atoms with E-state index in [-0.39, 0.29) is 24.0 Å². The van der Waals surface area contributed by atoms with Gasteiger partial charge in [-0.1, -0.05) is 13.8 Å². The third-order valence-corrected chi connectivity index (χ3v) is 3.68. The van der Waals surface area contributed by atoms with Crippen molar-refractivity contribution >= 4 is 11.8 Å². The number of hydrogen-bond donors (Lipinski definition) is 1. The molecule has 2 aromatic heterocycles. The zero-order valence-electron chi connectivity index (χ0n) is 14.1. The van der Waals surface area contributed by atoms with Gasteiger partial charge in [0.25, 0.3) is 5.91 Å². The normalized spacial score (nSPS) is 12.4. The fourth-order valence-electron chi connectivity index (χ4n) is 2.31. The van der Waals surface area contributed by atoms with Gasteiger partial charge in [0.1, 0.15) is 11.9 Å². The van der Waals surface area contributed by atoms with Gasteiger partial charge in [0.05, 0.1) is 12.8 Å². The highest BCUT2D eigenvalue weighted by molar-refractivity contribution is 5.95. The van der Waals surface area contributed by atoms with Gasteiger partial charge in [0, 0.05) is 19.4 Å². The van der Waals surface area contributed by atoms with Crippen LogP contribution in [0.3, 0.4) is 0 Å². The average Bonchev–Trinajstić information content (AvgIpc) is 3.22. The molecule has 0 aliphatic carbocycles. The van der Waals surface area contributed by atoms with Crippen LogP contribution in [0.4, 0.5) is 8.78 Å². The fraction of sp³-hybridized carbons (Fsp3) is 0.438. The van der Waals surface area contributed by atoms with Crippen LogP contribution in [0.15, 0.2) is 35.2 Å². The van der Waals surface area contributed by atoms with Crippen molar-refractivity contribution in [2.24, 2.45) is 5.92 Å². The summed E-state index contributed by atoms with van der Waals surface area (Å²) in [6, 6.07) is 2.23. The quantitative estimate of drug-likeness (QED) is 0.827. The van der Waals surface area contributed by atoms with Gasteiger partial charge in [-0.2, -0.15) is 8.78 Å². The summed E-state index contributed by atoms with van der Waals surface area (Å²) in [7, 11) is 1.47. The molecular weight excluding hydrogens is 334 g/mol. The summed E-state index contributed by atoms with van der Waals surface area (Å²) in [5.74, 6) is -0.970. The topological polar surface area (TPSA) is 80.4 Å². The molecule has 0 saturated carbocycles. The Labute approximate surface area is 143 Å². The molecule has 1 N–H and O–H groups in total. The molecule has 25 heavy (non-hydrogen) atoms. The van der Waals surface area contributed by atoms with Gasteiger partial charge in [-0.15, -0.1) is 0 Å². The molecule has 1 unspecified atom stereocenters. The van der Waals surface area contributed by atoms with E-state index in [1.165, 1.54) is 30.5 Å². The van der Waals surface area contributed by atoms with Crippen LogP contribution in [0.1, 0.15) is 36.8 Å². The van der Waals surface area contributed by atoms with E-state index in [0.29, 0.717) is 4.57 Å². The van der Waals surface area contributed by atoms with Crippen LogP contribution in [-0.2, 0) is 11.3 Å². The van der Waals surface area contributed by atoms with Crippen LogP contribution < -0.4 is 5.32 Å². The zero-order chi connectivity index (χ0) is 18.6. The van der Waals surface area contributed by atoms with Crippen molar-refractivity contribution in [1.29, 1.82) is 0 Å². The van der Waals surface area contributed by atoms with Crippen molar-refractivity contribution in [2.75, 3.05) is 7.05 Å². The molecule has 0 aliphatic rings. The molecule has 136 valence electrons. The maximum Gasteiger partial charge on any atom is 0.319 e. The van der Waals surface area contributed by atoms with Gasteiger partial charge in [-0.25, -0.2) is 4.98 Å². The van der Waals surface area contributed by atoms with Crippen LogP contribution >= 0.6 is 0 Å². The summed E-state index contributed by atoms with van der Waals surface area (Å²) in [5, 5.41) is 2.62. The van der Waals surface area contributed by atoms with E-state index >= 15 is 0 Å². The standard InChI is InChI=1S/C16H20F2N4O3/c1-10(2)13(20-14(23)11-5-4-8-25-11)15(24)21(3)9-12-19-6-7-22(12)16(17)18/h4-8,10,13,16H,9H2,1-3H3,(H,20,23). The molecule has 0 spiro atoms. The van der Waals surface area contributed by atoms with Gasteiger partial charge in [-0.3, -0.25) is 14.2 Å². The SMILES string of the molecule is CC(C)C(NC(=O)c1ccco1)C(=O)N(C)Cc1nccn1C(F)F. The molecule has 2 amide bonds.